The Balaban J connectivity index is 4.31. The molecule has 0 aliphatic heterocycles. The molecule has 0 saturated heterocycles. The van der Waals surface area contributed by atoms with Crippen LogP contribution in [-0.4, -0.2) is 47.0 Å². The van der Waals surface area contributed by atoms with Gasteiger partial charge in [0.2, 0.25) is 0 Å². The topological polar surface area (TPSA) is 89.9 Å². The third-order valence-electron chi connectivity index (χ3n) is 8.59. The van der Waals surface area contributed by atoms with Crippen molar-refractivity contribution in [2.24, 2.45) is 0 Å². The molecule has 0 aliphatic carbocycles. The molecule has 0 amide bonds. The minimum absolute atomic E-state index is 0.0308. The molecule has 0 aromatic heterocycles. The molecule has 0 aromatic rings. The fourth-order valence-electron chi connectivity index (χ4n) is 5.68. The van der Waals surface area contributed by atoms with Crippen LogP contribution in [0.4, 0.5) is 0 Å². The van der Waals surface area contributed by atoms with E-state index in [-0.39, 0.29) is 19.4 Å². The fourth-order valence-corrected chi connectivity index (χ4v) is 5.84. The van der Waals surface area contributed by atoms with E-state index in [2.05, 4.69) is 29.8 Å². The van der Waals surface area contributed by atoms with Gasteiger partial charge in [0.15, 0.2) is 5.78 Å². The number of halogens is 1. The second kappa shape index (κ2) is 32.0. The summed E-state index contributed by atoms with van der Waals surface area (Å²) >= 11 is 3.20. The van der Waals surface area contributed by atoms with Gasteiger partial charge < -0.3 is 14.6 Å². The van der Waals surface area contributed by atoms with Gasteiger partial charge in [-0.05, 0) is 12.8 Å². The van der Waals surface area contributed by atoms with E-state index in [0.717, 1.165) is 38.5 Å². The van der Waals surface area contributed by atoms with E-state index in [1.54, 1.807) is 0 Å². The smallest absolute Gasteiger partial charge is 0.361 e. The summed E-state index contributed by atoms with van der Waals surface area (Å²) in [5.74, 6) is -2.17. The highest BCUT2D eigenvalue weighted by molar-refractivity contribution is 9.09. The van der Waals surface area contributed by atoms with E-state index in [9.17, 15) is 19.5 Å². The van der Waals surface area contributed by atoms with Crippen LogP contribution in [0.3, 0.4) is 0 Å². The van der Waals surface area contributed by atoms with Gasteiger partial charge in [-0.25, -0.2) is 4.79 Å². The van der Waals surface area contributed by atoms with Crippen molar-refractivity contribution in [1.29, 1.82) is 0 Å². The summed E-state index contributed by atoms with van der Waals surface area (Å²) in [5.41, 5.74) is -2.26. The van der Waals surface area contributed by atoms with Gasteiger partial charge in [0, 0.05) is 18.2 Å². The van der Waals surface area contributed by atoms with Crippen LogP contribution in [0.2, 0.25) is 0 Å². The second-order valence-corrected chi connectivity index (χ2v) is 13.5. The van der Waals surface area contributed by atoms with Crippen molar-refractivity contribution in [2.75, 3.05) is 18.5 Å². The number of ether oxygens (including phenoxy) is 2. The Morgan fingerprint density at radius 3 is 1.23 bits per heavy atom. The van der Waals surface area contributed by atoms with Crippen LogP contribution in [0.25, 0.3) is 0 Å². The zero-order valence-electron chi connectivity index (χ0n) is 28.8. The lowest BCUT2D eigenvalue weighted by atomic mass is 9.94. The molecule has 0 rings (SSSR count). The number of hydrogen-bond acceptors (Lipinski definition) is 6. The third kappa shape index (κ3) is 23.4. The van der Waals surface area contributed by atoms with Gasteiger partial charge in [-0.15, -0.1) is 0 Å². The standard InChI is InChI=1S/C37H69BrO6/c1-3-5-7-9-11-13-15-17-19-21-23-25-27-29-34(40)37(33-39,36(42)43-32-31-38)44-35(41)30-28-26-24-22-20-18-16-14-12-10-8-6-4-2/h39H,3-33H2,1-2H3. The number of carbonyl (C=O) groups excluding carboxylic acids is 3. The van der Waals surface area contributed by atoms with E-state index in [1.807, 2.05) is 0 Å². The van der Waals surface area contributed by atoms with Gasteiger partial charge in [0.25, 0.3) is 5.60 Å². The first-order valence-electron chi connectivity index (χ1n) is 18.6. The van der Waals surface area contributed by atoms with Crippen molar-refractivity contribution in [1.82, 2.24) is 0 Å². The lowest BCUT2D eigenvalue weighted by Crippen LogP contribution is -2.54. The van der Waals surface area contributed by atoms with Crippen LogP contribution in [0.1, 0.15) is 194 Å². The van der Waals surface area contributed by atoms with Crippen molar-refractivity contribution < 1.29 is 29.0 Å². The molecular formula is C37H69BrO6. The van der Waals surface area contributed by atoms with E-state index in [1.165, 1.54) is 116 Å². The highest BCUT2D eigenvalue weighted by atomic mass is 79.9. The molecule has 1 atom stereocenters. The first-order chi connectivity index (χ1) is 21.5. The van der Waals surface area contributed by atoms with Crippen molar-refractivity contribution in [3.63, 3.8) is 0 Å². The van der Waals surface area contributed by atoms with Crippen molar-refractivity contribution in [2.45, 2.75) is 199 Å². The zero-order valence-corrected chi connectivity index (χ0v) is 30.4. The third-order valence-corrected chi connectivity index (χ3v) is 8.92. The Bertz CT molecular complexity index is 685. The average molecular weight is 690 g/mol. The van der Waals surface area contributed by atoms with Crippen molar-refractivity contribution in [3.05, 3.63) is 0 Å². The van der Waals surface area contributed by atoms with Gasteiger partial charge in [-0.2, -0.15) is 0 Å². The highest BCUT2D eigenvalue weighted by Crippen LogP contribution is 2.22. The number of rotatable bonds is 34. The summed E-state index contributed by atoms with van der Waals surface area (Å²) in [6, 6.07) is 0. The molecule has 0 saturated carbocycles. The number of ketones is 1. The Labute approximate surface area is 279 Å². The van der Waals surface area contributed by atoms with Gasteiger partial charge in [0.05, 0.1) is 0 Å². The quantitative estimate of drug-likeness (QED) is 0.0313. The monoisotopic (exact) mass is 688 g/mol. The number of hydrogen-bond donors (Lipinski definition) is 1. The van der Waals surface area contributed by atoms with Gasteiger partial charge in [0.1, 0.15) is 13.2 Å². The van der Waals surface area contributed by atoms with Crippen LogP contribution >= 0.6 is 15.9 Å². The molecule has 0 bridgehead atoms. The number of unbranched alkanes of at least 4 members (excludes halogenated alkanes) is 24. The molecule has 0 heterocycles. The number of alkyl halides is 1. The Morgan fingerprint density at radius 2 is 0.886 bits per heavy atom. The first-order valence-corrected chi connectivity index (χ1v) is 19.7. The van der Waals surface area contributed by atoms with Crippen LogP contribution in [-0.2, 0) is 23.9 Å². The predicted octanol–water partition coefficient (Wildman–Crippen LogP) is 10.7. The number of Topliss-reactive ketones (excluding diaryl/α,β-unsaturated/α-hetero) is 1. The number of carbonyl (C=O) groups is 3. The predicted molar refractivity (Wildman–Crippen MR) is 186 cm³/mol. The maximum Gasteiger partial charge on any atom is 0.361 e. The summed E-state index contributed by atoms with van der Waals surface area (Å²) in [4.78, 5) is 38.7. The maximum absolute atomic E-state index is 13.2. The Hall–Kier alpha value is -0.950. The summed E-state index contributed by atoms with van der Waals surface area (Å²) in [5, 5.41) is 10.5. The number of aliphatic hydroxyl groups excluding tert-OH is 1. The minimum atomic E-state index is -2.26. The van der Waals surface area contributed by atoms with Gasteiger partial charge >= 0.3 is 11.9 Å². The molecule has 1 unspecified atom stereocenters. The van der Waals surface area contributed by atoms with Gasteiger partial charge in [-0.3, -0.25) is 9.59 Å². The summed E-state index contributed by atoms with van der Waals surface area (Å²) in [6.45, 7) is 3.63. The molecular weight excluding hydrogens is 620 g/mol. The SMILES string of the molecule is CCCCCCCCCCCCCCCC(=O)OC(CO)(C(=O)CCCCCCCCCCCCCCC)C(=O)OCCBr. The largest absolute Gasteiger partial charge is 0.461 e. The lowest BCUT2D eigenvalue weighted by molar-refractivity contribution is -0.190. The van der Waals surface area contributed by atoms with Crippen LogP contribution in [0, 0.1) is 0 Å². The highest BCUT2D eigenvalue weighted by Gasteiger charge is 2.50. The molecule has 1 N–H and O–H groups in total. The van der Waals surface area contributed by atoms with Crippen molar-refractivity contribution in [3.8, 4) is 0 Å². The van der Waals surface area contributed by atoms with Gasteiger partial charge in [-0.1, -0.05) is 184 Å². The zero-order chi connectivity index (χ0) is 32.6. The average Bonchev–Trinajstić information content (AvgIpc) is 3.03. The molecule has 0 radical (unpaired) electrons. The molecule has 0 spiro atoms. The summed E-state index contributed by atoms with van der Waals surface area (Å²) in [7, 11) is 0. The number of aliphatic hydroxyl groups is 1. The molecule has 0 aromatic carbocycles. The van der Waals surface area contributed by atoms with E-state index < -0.39 is 29.9 Å². The van der Waals surface area contributed by atoms with E-state index in [0.29, 0.717) is 18.2 Å². The maximum atomic E-state index is 13.2. The molecule has 6 nitrogen and oxygen atoms in total. The van der Waals surface area contributed by atoms with Crippen LogP contribution in [0.5, 0.6) is 0 Å². The summed E-state index contributed by atoms with van der Waals surface area (Å²) < 4.78 is 10.6. The second-order valence-electron chi connectivity index (χ2n) is 12.7. The molecule has 0 aliphatic rings. The lowest BCUT2D eigenvalue weighted by Gasteiger charge is -2.28. The van der Waals surface area contributed by atoms with E-state index >= 15 is 0 Å². The van der Waals surface area contributed by atoms with Crippen LogP contribution in [0.15, 0.2) is 0 Å². The number of esters is 2. The molecule has 44 heavy (non-hydrogen) atoms. The van der Waals surface area contributed by atoms with Crippen LogP contribution < -0.4 is 0 Å². The first kappa shape index (κ1) is 43.0. The van der Waals surface area contributed by atoms with E-state index in [4.69, 9.17) is 9.47 Å². The normalized spacial score (nSPS) is 12.6. The molecule has 0 fully saturated rings. The minimum Gasteiger partial charge on any atom is -0.461 e. The molecule has 7 heteroatoms. The fraction of sp³-hybridized carbons (Fsp3) is 0.919. The Kier molecular flexibility index (Phi) is 31.3. The molecule has 260 valence electrons. The Morgan fingerprint density at radius 1 is 0.545 bits per heavy atom. The summed E-state index contributed by atoms with van der Waals surface area (Å²) in [6.07, 6.45) is 31.2. The van der Waals surface area contributed by atoms with Crippen molar-refractivity contribution >= 4 is 33.7 Å².